The number of nitrogens with zero attached hydrogens (tertiary/aromatic N) is 1. The van der Waals surface area contributed by atoms with Crippen LogP contribution in [0.1, 0.15) is 43.9 Å². The van der Waals surface area contributed by atoms with Crippen molar-refractivity contribution in [2.24, 2.45) is 0 Å². The minimum atomic E-state index is -0.867. The summed E-state index contributed by atoms with van der Waals surface area (Å²) in [7, 11) is 0. The first-order valence-corrected chi connectivity index (χ1v) is 7.43. The maximum absolute atomic E-state index is 11.8. The molecule has 0 saturated carbocycles. The lowest BCUT2D eigenvalue weighted by molar-refractivity contribution is -0.137. The molecule has 1 atom stereocenters. The zero-order valence-electron chi connectivity index (χ0n) is 12.1. The van der Waals surface area contributed by atoms with Crippen LogP contribution < -0.4 is 5.32 Å². The number of rotatable bonds is 8. The van der Waals surface area contributed by atoms with Gasteiger partial charge in [0.05, 0.1) is 12.3 Å². The summed E-state index contributed by atoms with van der Waals surface area (Å²) in [5.41, 5.74) is 0. The fourth-order valence-corrected chi connectivity index (χ4v) is 2.64. The quantitative estimate of drug-likeness (QED) is 0.763. The van der Waals surface area contributed by atoms with Gasteiger partial charge in [0, 0.05) is 19.4 Å². The van der Waals surface area contributed by atoms with E-state index in [9.17, 15) is 9.59 Å². The number of carboxylic acids is 1. The Morgan fingerprint density at radius 2 is 2.10 bits per heavy atom. The van der Waals surface area contributed by atoms with Crippen molar-refractivity contribution in [3.05, 3.63) is 24.2 Å². The van der Waals surface area contributed by atoms with E-state index in [1.54, 1.807) is 6.26 Å². The molecule has 0 aromatic carbocycles. The Kier molecular flexibility index (Phi) is 5.80. The van der Waals surface area contributed by atoms with Crippen LogP contribution in [-0.4, -0.2) is 41.5 Å². The smallest absolute Gasteiger partial charge is 0.303 e. The summed E-state index contributed by atoms with van der Waals surface area (Å²) < 4.78 is 5.48. The number of hydrogen-bond donors (Lipinski definition) is 2. The van der Waals surface area contributed by atoms with Crippen molar-refractivity contribution in [1.29, 1.82) is 0 Å². The van der Waals surface area contributed by atoms with E-state index < -0.39 is 5.97 Å². The highest BCUT2D eigenvalue weighted by atomic mass is 16.4. The van der Waals surface area contributed by atoms with Gasteiger partial charge in [-0.15, -0.1) is 0 Å². The maximum atomic E-state index is 11.8. The summed E-state index contributed by atoms with van der Waals surface area (Å²) in [6.07, 6.45) is 4.63. The molecule has 0 radical (unpaired) electrons. The predicted molar refractivity (Wildman–Crippen MR) is 76.8 cm³/mol. The molecular weight excluding hydrogens is 272 g/mol. The van der Waals surface area contributed by atoms with Gasteiger partial charge in [0.1, 0.15) is 5.76 Å². The van der Waals surface area contributed by atoms with Crippen molar-refractivity contribution in [3.8, 4) is 0 Å². The molecule has 0 spiro atoms. The SMILES string of the molecule is O=C(O)CCCC(=O)NCC(c1ccco1)N1CCCC1. The monoisotopic (exact) mass is 294 g/mol. The Labute approximate surface area is 124 Å². The van der Waals surface area contributed by atoms with Crippen molar-refractivity contribution in [2.75, 3.05) is 19.6 Å². The molecule has 6 nitrogen and oxygen atoms in total. The first-order chi connectivity index (χ1) is 10.2. The Bertz CT molecular complexity index is 452. The number of nitrogens with one attached hydrogen (secondary N) is 1. The second-order valence-electron chi connectivity index (χ2n) is 5.33. The van der Waals surface area contributed by atoms with Crippen molar-refractivity contribution in [2.45, 2.75) is 38.1 Å². The minimum Gasteiger partial charge on any atom is -0.481 e. The topological polar surface area (TPSA) is 82.8 Å². The van der Waals surface area contributed by atoms with Gasteiger partial charge in [-0.1, -0.05) is 0 Å². The summed E-state index contributed by atoms with van der Waals surface area (Å²) in [5, 5.41) is 11.5. The lowest BCUT2D eigenvalue weighted by atomic mass is 10.2. The van der Waals surface area contributed by atoms with E-state index in [1.165, 1.54) is 12.8 Å². The van der Waals surface area contributed by atoms with Crippen LogP contribution in [0.25, 0.3) is 0 Å². The number of amides is 1. The first-order valence-electron chi connectivity index (χ1n) is 7.43. The van der Waals surface area contributed by atoms with Gasteiger partial charge in [-0.2, -0.15) is 0 Å². The lowest BCUT2D eigenvalue weighted by Crippen LogP contribution is -2.36. The summed E-state index contributed by atoms with van der Waals surface area (Å²) in [5.74, 6) is -0.108. The number of hydrogen-bond acceptors (Lipinski definition) is 4. The van der Waals surface area contributed by atoms with Gasteiger partial charge in [-0.3, -0.25) is 14.5 Å². The highest BCUT2D eigenvalue weighted by Crippen LogP contribution is 2.24. The highest BCUT2D eigenvalue weighted by Gasteiger charge is 2.25. The van der Waals surface area contributed by atoms with Gasteiger partial charge in [0.15, 0.2) is 0 Å². The van der Waals surface area contributed by atoms with E-state index in [4.69, 9.17) is 9.52 Å². The number of carbonyl (C=O) groups is 2. The molecule has 1 aromatic rings. The van der Waals surface area contributed by atoms with Gasteiger partial charge >= 0.3 is 5.97 Å². The molecule has 0 bridgehead atoms. The first kappa shape index (κ1) is 15.6. The molecule has 1 aliphatic rings. The van der Waals surface area contributed by atoms with Crippen LogP contribution in [0.15, 0.2) is 22.8 Å². The molecule has 1 aliphatic heterocycles. The van der Waals surface area contributed by atoms with Gasteiger partial charge in [0.2, 0.25) is 5.91 Å². The number of furan rings is 1. The van der Waals surface area contributed by atoms with E-state index in [0.29, 0.717) is 13.0 Å². The zero-order valence-corrected chi connectivity index (χ0v) is 12.1. The third kappa shape index (κ3) is 4.90. The van der Waals surface area contributed by atoms with Crippen LogP contribution in [0.5, 0.6) is 0 Å². The van der Waals surface area contributed by atoms with Gasteiger partial charge < -0.3 is 14.8 Å². The van der Waals surface area contributed by atoms with Crippen LogP contribution in [0, 0.1) is 0 Å². The Hall–Kier alpha value is -1.82. The molecule has 1 fully saturated rings. The molecular formula is C15H22N2O4. The van der Waals surface area contributed by atoms with Crippen LogP contribution in [0.2, 0.25) is 0 Å². The van der Waals surface area contributed by atoms with Crippen LogP contribution >= 0.6 is 0 Å². The molecule has 2 N–H and O–H groups in total. The second kappa shape index (κ2) is 7.83. The molecule has 1 amide bonds. The van der Waals surface area contributed by atoms with Gasteiger partial charge in [0.25, 0.3) is 0 Å². The van der Waals surface area contributed by atoms with E-state index in [1.807, 2.05) is 12.1 Å². The number of carbonyl (C=O) groups excluding carboxylic acids is 1. The Morgan fingerprint density at radius 3 is 2.71 bits per heavy atom. The normalized spacial score (nSPS) is 16.8. The summed E-state index contributed by atoms with van der Waals surface area (Å²) in [6.45, 7) is 2.53. The molecule has 2 heterocycles. The molecule has 1 saturated heterocycles. The third-order valence-corrected chi connectivity index (χ3v) is 3.74. The fraction of sp³-hybridized carbons (Fsp3) is 0.600. The van der Waals surface area contributed by atoms with Crippen LogP contribution in [-0.2, 0) is 9.59 Å². The van der Waals surface area contributed by atoms with E-state index in [0.717, 1.165) is 18.8 Å². The third-order valence-electron chi connectivity index (χ3n) is 3.74. The zero-order chi connectivity index (χ0) is 15.1. The molecule has 1 aromatic heterocycles. The van der Waals surface area contributed by atoms with E-state index in [2.05, 4.69) is 10.2 Å². The number of likely N-dealkylation sites (tertiary alicyclic amines) is 1. The minimum absolute atomic E-state index is 0.0289. The molecule has 116 valence electrons. The summed E-state index contributed by atoms with van der Waals surface area (Å²) >= 11 is 0. The standard InChI is InChI=1S/C15H22N2O4/c18-14(6-3-7-15(19)20)16-11-12(13-5-4-10-21-13)17-8-1-2-9-17/h4-5,10,12H,1-3,6-9,11H2,(H,16,18)(H,19,20). The number of carboxylic acid groups (broad SMARTS) is 1. The molecule has 2 rings (SSSR count). The largest absolute Gasteiger partial charge is 0.481 e. The van der Waals surface area contributed by atoms with Crippen molar-refractivity contribution >= 4 is 11.9 Å². The van der Waals surface area contributed by atoms with E-state index in [-0.39, 0.29) is 24.8 Å². The van der Waals surface area contributed by atoms with Crippen molar-refractivity contribution < 1.29 is 19.1 Å². The molecule has 0 aliphatic carbocycles. The average molecular weight is 294 g/mol. The molecule has 6 heteroatoms. The van der Waals surface area contributed by atoms with Crippen LogP contribution in [0.3, 0.4) is 0 Å². The lowest BCUT2D eigenvalue weighted by Gasteiger charge is -2.26. The van der Waals surface area contributed by atoms with Gasteiger partial charge in [-0.05, 0) is 44.5 Å². The maximum Gasteiger partial charge on any atom is 0.303 e. The Balaban J connectivity index is 1.82. The average Bonchev–Trinajstić information content (AvgIpc) is 3.11. The highest BCUT2D eigenvalue weighted by molar-refractivity contribution is 5.76. The predicted octanol–water partition coefficient (Wildman–Crippen LogP) is 1.79. The van der Waals surface area contributed by atoms with Crippen LogP contribution in [0.4, 0.5) is 0 Å². The summed E-state index contributed by atoms with van der Waals surface area (Å²) in [4.78, 5) is 24.5. The second-order valence-corrected chi connectivity index (χ2v) is 5.33. The molecule has 21 heavy (non-hydrogen) atoms. The summed E-state index contributed by atoms with van der Waals surface area (Å²) in [6, 6.07) is 3.85. The fourth-order valence-electron chi connectivity index (χ4n) is 2.64. The molecule has 1 unspecified atom stereocenters. The Morgan fingerprint density at radius 1 is 1.33 bits per heavy atom. The van der Waals surface area contributed by atoms with Gasteiger partial charge in [-0.25, -0.2) is 0 Å². The van der Waals surface area contributed by atoms with Crippen molar-refractivity contribution in [1.82, 2.24) is 10.2 Å². The van der Waals surface area contributed by atoms with E-state index >= 15 is 0 Å². The van der Waals surface area contributed by atoms with Crippen molar-refractivity contribution in [3.63, 3.8) is 0 Å². The number of aliphatic carboxylic acids is 1.